The molecule has 142 valence electrons. The molecule has 0 spiro atoms. The Labute approximate surface area is 174 Å². The van der Waals surface area contributed by atoms with Crippen LogP contribution < -0.4 is 19.6 Å². The lowest BCUT2D eigenvalue weighted by Crippen LogP contribution is -2.24. The maximum absolute atomic E-state index is 11.9. The lowest BCUT2D eigenvalue weighted by molar-refractivity contribution is -0.123. The van der Waals surface area contributed by atoms with E-state index in [0.29, 0.717) is 22.6 Å². The van der Waals surface area contributed by atoms with Crippen molar-refractivity contribution in [3.8, 4) is 17.2 Å². The van der Waals surface area contributed by atoms with Crippen molar-refractivity contribution in [1.29, 1.82) is 0 Å². The number of nitrogens with zero attached hydrogens (tertiary/aromatic N) is 1. The minimum Gasteiger partial charge on any atom is -0.493 e. The molecule has 0 unspecified atom stereocenters. The van der Waals surface area contributed by atoms with Gasteiger partial charge < -0.3 is 14.2 Å². The van der Waals surface area contributed by atoms with Gasteiger partial charge in [-0.3, -0.25) is 4.79 Å². The van der Waals surface area contributed by atoms with E-state index >= 15 is 0 Å². The predicted molar refractivity (Wildman–Crippen MR) is 112 cm³/mol. The van der Waals surface area contributed by atoms with Crippen LogP contribution in [-0.4, -0.2) is 32.4 Å². The van der Waals surface area contributed by atoms with E-state index < -0.39 is 5.91 Å². The highest BCUT2D eigenvalue weighted by Gasteiger charge is 2.12. The summed E-state index contributed by atoms with van der Waals surface area (Å²) in [6.45, 7) is 3.84. The van der Waals surface area contributed by atoms with E-state index in [1.165, 1.54) is 13.3 Å². The number of hydrogen-bond acceptors (Lipinski definition) is 5. The third kappa shape index (κ3) is 6.73. The lowest BCUT2D eigenvalue weighted by Gasteiger charge is -2.12. The van der Waals surface area contributed by atoms with Crippen molar-refractivity contribution in [3.63, 3.8) is 0 Å². The van der Waals surface area contributed by atoms with Crippen LogP contribution in [0, 0.1) is 0 Å². The van der Waals surface area contributed by atoms with Crippen LogP contribution in [0.25, 0.3) is 0 Å². The highest BCUT2D eigenvalue weighted by molar-refractivity contribution is 9.11. The van der Waals surface area contributed by atoms with Crippen molar-refractivity contribution in [2.45, 2.75) is 0 Å². The molecule has 0 atom stereocenters. The van der Waals surface area contributed by atoms with Gasteiger partial charge in [-0.25, -0.2) is 5.43 Å². The summed E-state index contributed by atoms with van der Waals surface area (Å²) in [5, 5.41) is 3.91. The third-order valence-corrected chi connectivity index (χ3v) is 4.24. The van der Waals surface area contributed by atoms with Gasteiger partial charge >= 0.3 is 0 Å². The Morgan fingerprint density at radius 2 is 1.96 bits per heavy atom. The second-order valence-electron chi connectivity index (χ2n) is 5.17. The van der Waals surface area contributed by atoms with E-state index in [1.807, 2.05) is 24.3 Å². The predicted octanol–water partition coefficient (Wildman–Crippen LogP) is 4.31. The maximum Gasteiger partial charge on any atom is 0.277 e. The molecule has 2 rings (SSSR count). The fourth-order valence-corrected chi connectivity index (χ4v) is 3.28. The minimum absolute atomic E-state index is 0.206. The van der Waals surface area contributed by atoms with Gasteiger partial charge in [-0.1, -0.05) is 28.6 Å². The Balaban J connectivity index is 1.86. The number of methoxy groups -OCH3 is 1. The quantitative estimate of drug-likeness (QED) is 0.318. The molecular weight excluding hydrogens is 480 g/mol. The largest absolute Gasteiger partial charge is 0.493 e. The summed E-state index contributed by atoms with van der Waals surface area (Å²) in [7, 11) is 1.53. The molecule has 0 radical (unpaired) electrons. The highest BCUT2D eigenvalue weighted by atomic mass is 79.9. The molecule has 0 fully saturated rings. The van der Waals surface area contributed by atoms with Gasteiger partial charge in [0.2, 0.25) is 0 Å². The van der Waals surface area contributed by atoms with Crippen molar-refractivity contribution in [2.75, 3.05) is 20.3 Å². The zero-order chi connectivity index (χ0) is 19.6. The van der Waals surface area contributed by atoms with E-state index in [4.69, 9.17) is 14.2 Å². The molecule has 0 aromatic heterocycles. The number of carbonyl (C=O) groups excluding carboxylic acids is 1. The topological polar surface area (TPSA) is 69.2 Å². The number of halogens is 2. The van der Waals surface area contributed by atoms with Gasteiger partial charge in [-0.15, -0.1) is 0 Å². The Bertz CT molecular complexity index is 823. The fraction of sp³-hybridized carbons (Fsp3) is 0.158. The van der Waals surface area contributed by atoms with Crippen molar-refractivity contribution < 1.29 is 19.0 Å². The number of carbonyl (C=O) groups is 1. The van der Waals surface area contributed by atoms with Gasteiger partial charge in [0.25, 0.3) is 5.91 Å². The van der Waals surface area contributed by atoms with Crippen molar-refractivity contribution in [3.05, 3.63) is 63.6 Å². The zero-order valence-corrected chi connectivity index (χ0v) is 17.7. The molecule has 1 amide bonds. The Morgan fingerprint density at radius 3 is 2.63 bits per heavy atom. The summed E-state index contributed by atoms with van der Waals surface area (Å²) in [6, 6.07) is 10.8. The van der Waals surface area contributed by atoms with Crippen molar-refractivity contribution in [1.82, 2.24) is 5.43 Å². The molecule has 2 aromatic carbocycles. The summed E-state index contributed by atoms with van der Waals surface area (Å²) in [4.78, 5) is 11.9. The third-order valence-electron chi connectivity index (χ3n) is 3.19. The van der Waals surface area contributed by atoms with E-state index in [9.17, 15) is 4.79 Å². The average molecular weight is 498 g/mol. The Kier molecular flexibility index (Phi) is 8.35. The molecule has 1 N–H and O–H groups in total. The normalized spacial score (nSPS) is 10.5. The first-order valence-electron chi connectivity index (χ1n) is 7.85. The van der Waals surface area contributed by atoms with Crippen molar-refractivity contribution >= 4 is 44.0 Å². The van der Waals surface area contributed by atoms with Gasteiger partial charge in [0.15, 0.2) is 18.1 Å². The summed E-state index contributed by atoms with van der Waals surface area (Å²) < 4.78 is 17.7. The van der Waals surface area contributed by atoms with Gasteiger partial charge in [-0.05, 0) is 57.9 Å². The summed E-state index contributed by atoms with van der Waals surface area (Å²) in [5.41, 5.74) is 3.23. The van der Waals surface area contributed by atoms with Crippen LogP contribution in [-0.2, 0) is 4.79 Å². The number of rotatable bonds is 9. The van der Waals surface area contributed by atoms with Crippen molar-refractivity contribution in [2.24, 2.45) is 5.10 Å². The average Bonchev–Trinajstić information content (AvgIpc) is 2.66. The Morgan fingerprint density at radius 1 is 1.22 bits per heavy atom. The van der Waals surface area contributed by atoms with Crippen LogP contribution in [0.3, 0.4) is 0 Å². The van der Waals surface area contributed by atoms with Gasteiger partial charge in [0.05, 0.1) is 17.8 Å². The maximum atomic E-state index is 11.9. The standard InChI is InChI=1S/C19H18Br2N2O4/c1-3-8-26-15-6-4-13(5-7-15)11-22-23-18(24)12-27-19-16(21)9-14(20)10-17(19)25-2/h3-7,9-11H,1,8,12H2,2H3,(H,23,24)/b22-11+. The van der Waals surface area contributed by atoms with Crippen LogP contribution in [0.5, 0.6) is 17.2 Å². The molecule has 0 saturated heterocycles. The molecular formula is C19H18Br2N2O4. The number of nitrogens with one attached hydrogen (secondary N) is 1. The number of hydrogen-bond donors (Lipinski definition) is 1. The molecule has 6 nitrogen and oxygen atoms in total. The van der Waals surface area contributed by atoms with E-state index in [1.54, 1.807) is 18.2 Å². The molecule has 0 heterocycles. The number of amides is 1. The number of ether oxygens (including phenoxy) is 3. The monoisotopic (exact) mass is 496 g/mol. The molecule has 0 bridgehead atoms. The van der Waals surface area contributed by atoms with Crippen LogP contribution in [0.2, 0.25) is 0 Å². The smallest absolute Gasteiger partial charge is 0.277 e. The molecule has 8 heteroatoms. The SMILES string of the molecule is C=CCOc1ccc(/C=N/NC(=O)COc2c(Br)cc(Br)cc2OC)cc1. The van der Waals surface area contributed by atoms with Crippen LogP contribution in [0.1, 0.15) is 5.56 Å². The molecule has 0 aliphatic carbocycles. The fourth-order valence-electron chi connectivity index (χ4n) is 1.98. The molecule has 2 aromatic rings. The second kappa shape index (κ2) is 10.7. The van der Waals surface area contributed by atoms with E-state index in [2.05, 4.69) is 49.0 Å². The Hall–Kier alpha value is -2.32. The second-order valence-corrected chi connectivity index (χ2v) is 6.94. The van der Waals surface area contributed by atoms with Gasteiger partial charge in [-0.2, -0.15) is 5.10 Å². The summed E-state index contributed by atoms with van der Waals surface area (Å²) in [5.74, 6) is 1.29. The minimum atomic E-state index is -0.394. The molecule has 0 aliphatic heterocycles. The van der Waals surface area contributed by atoms with Crippen LogP contribution in [0.15, 0.2) is 63.1 Å². The lowest BCUT2D eigenvalue weighted by atomic mass is 10.2. The first-order valence-corrected chi connectivity index (χ1v) is 9.43. The summed E-state index contributed by atoms with van der Waals surface area (Å²) in [6.07, 6.45) is 3.21. The molecule has 0 saturated carbocycles. The van der Waals surface area contributed by atoms with Crippen LogP contribution in [0.4, 0.5) is 0 Å². The zero-order valence-electron chi connectivity index (χ0n) is 14.6. The first-order chi connectivity index (χ1) is 13.0. The van der Waals surface area contributed by atoms with Gasteiger partial charge in [0.1, 0.15) is 12.4 Å². The van der Waals surface area contributed by atoms with Gasteiger partial charge in [0, 0.05) is 4.47 Å². The molecule has 27 heavy (non-hydrogen) atoms. The first kappa shape index (κ1) is 21.0. The number of benzene rings is 2. The molecule has 0 aliphatic rings. The van der Waals surface area contributed by atoms with E-state index in [-0.39, 0.29) is 6.61 Å². The highest BCUT2D eigenvalue weighted by Crippen LogP contribution is 2.38. The van der Waals surface area contributed by atoms with E-state index in [0.717, 1.165) is 15.8 Å². The van der Waals surface area contributed by atoms with Crippen LogP contribution >= 0.6 is 31.9 Å². The number of hydrazone groups is 1. The summed E-state index contributed by atoms with van der Waals surface area (Å²) >= 11 is 6.75.